The van der Waals surface area contributed by atoms with Gasteiger partial charge in [0.15, 0.2) is 0 Å². The van der Waals surface area contributed by atoms with E-state index in [4.69, 9.17) is 0 Å². The highest BCUT2D eigenvalue weighted by Crippen LogP contribution is 2.49. The van der Waals surface area contributed by atoms with E-state index in [0.717, 1.165) is 36.6 Å². The number of alkyl halides is 1. The Balaban J connectivity index is 1.64. The number of unbranched alkanes of at least 4 members (excludes halogenated alkanes) is 2. The highest BCUT2D eigenvalue weighted by atomic mass is 79.9. The third-order valence-corrected chi connectivity index (χ3v) is 5.43. The molecule has 0 radical (unpaired) electrons. The minimum Gasteiger partial charge on any atom is -0.346 e. The molecule has 0 aromatic heterocycles. The summed E-state index contributed by atoms with van der Waals surface area (Å²) in [4.78, 5) is 14.1. The molecule has 2 fully saturated rings. The van der Waals surface area contributed by atoms with Gasteiger partial charge in [-0.05, 0) is 49.9 Å². The van der Waals surface area contributed by atoms with Crippen molar-refractivity contribution in [3.05, 3.63) is 0 Å². The summed E-state index contributed by atoms with van der Waals surface area (Å²) in [7, 11) is 1.98. The molecule has 3 heteroatoms. The summed E-state index contributed by atoms with van der Waals surface area (Å²) in [5, 5.41) is 1.08. The summed E-state index contributed by atoms with van der Waals surface area (Å²) >= 11 is 3.44. The fourth-order valence-corrected chi connectivity index (χ4v) is 4.15. The van der Waals surface area contributed by atoms with Crippen LogP contribution in [0.1, 0.15) is 51.4 Å². The monoisotopic (exact) mass is 315 g/mol. The quantitative estimate of drug-likeness (QED) is 0.516. The zero-order chi connectivity index (χ0) is 13.0. The van der Waals surface area contributed by atoms with E-state index in [1.807, 2.05) is 11.9 Å². The summed E-state index contributed by atoms with van der Waals surface area (Å²) in [5.74, 6) is 2.92. The molecule has 2 rings (SSSR count). The second kappa shape index (κ2) is 6.93. The van der Waals surface area contributed by atoms with E-state index in [2.05, 4.69) is 15.9 Å². The topological polar surface area (TPSA) is 20.3 Å². The standard InChI is InChI=1S/C15H26BrNO/c1-17(8-4-2-3-7-16)15(18)11-14-10-12-5-6-13(14)9-12/h12-14H,2-11H2,1H3. The van der Waals surface area contributed by atoms with Gasteiger partial charge >= 0.3 is 0 Å². The number of hydrogen-bond donors (Lipinski definition) is 0. The Hall–Kier alpha value is -0.0500. The van der Waals surface area contributed by atoms with Crippen LogP contribution in [0, 0.1) is 17.8 Å². The Morgan fingerprint density at radius 2 is 2.06 bits per heavy atom. The van der Waals surface area contributed by atoms with Crippen molar-refractivity contribution < 1.29 is 4.79 Å². The van der Waals surface area contributed by atoms with E-state index in [-0.39, 0.29) is 0 Å². The molecule has 0 aliphatic heterocycles. The van der Waals surface area contributed by atoms with Crippen molar-refractivity contribution in [2.45, 2.75) is 51.4 Å². The first-order valence-electron chi connectivity index (χ1n) is 7.50. The lowest BCUT2D eigenvalue weighted by Crippen LogP contribution is -2.30. The summed E-state index contributed by atoms with van der Waals surface area (Å²) in [5.41, 5.74) is 0. The fraction of sp³-hybridized carbons (Fsp3) is 0.933. The van der Waals surface area contributed by atoms with Crippen LogP contribution in [0.15, 0.2) is 0 Å². The van der Waals surface area contributed by atoms with Gasteiger partial charge in [0, 0.05) is 25.3 Å². The zero-order valence-electron chi connectivity index (χ0n) is 11.5. The molecule has 3 atom stereocenters. The molecule has 1 amide bonds. The Kier molecular flexibility index (Phi) is 5.53. The maximum absolute atomic E-state index is 12.2. The Morgan fingerprint density at radius 1 is 1.22 bits per heavy atom. The Labute approximate surface area is 120 Å². The van der Waals surface area contributed by atoms with E-state index in [1.165, 1.54) is 38.5 Å². The summed E-state index contributed by atoms with van der Waals surface area (Å²) in [6.45, 7) is 0.937. The average molecular weight is 316 g/mol. The van der Waals surface area contributed by atoms with Gasteiger partial charge in [0.05, 0.1) is 0 Å². The van der Waals surface area contributed by atoms with Gasteiger partial charge < -0.3 is 4.90 Å². The van der Waals surface area contributed by atoms with Crippen LogP contribution >= 0.6 is 15.9 Å². The van der Waals surface area contributed by atoms with Gasteiger partial charge in [-0.15, -0.1) is 0 Å². The highest BCUT2D eigenvalue weighted by molar-refractivity contribution is 9.09. The molecule has 0 saturated heterocycles. The number of nitrogens with zero attached hydrogens (tertiary/aromatic N) is 1. The second-order valence-electron chi connectivity index (χ2n) is 6.20. The first-order chi connectivity index (χ1) is 8.70. The largest absolute Gasteiger partial charge is 0.346 e. The molecule has 0 heterocycles. The van der Waals surface area contributed by atoms with Crippen molar-refractivity contribution >= 4 is 21.8 Å². The number of halogens is 1. The van der Waals surface area contributed by atoms with Crippen LogP contribution in [0.5, 0.6) is 0 Å². The Bertz CT molecular complexity index is 282. The molecule has 0 aromatic carbocycles. The molecule has 2 nitrogen and oxygen atoms in total. The first-order valence-corrected chi connectivity index (χ1v) is 8.62. The van der Waals surface area contributed by atoms with Crippen LogP contribution in [-0.2, 0) is 4.79 Å². The number of carbonyl (C=O) groups excluding carboxylic acids is 1. The summed E-state index contributed by atoms with van der Waals surface area (Å²) in [6, 6.07) is 0. The van der Waals surface area contributed by atoms with Gasteiger partial charge in [0.25, 0.3) is 0 Å². The molecular weight excluding hydrogens is 290 g/mol. The normalized spacial score (nSPS) is 29.8. The van der Waals surface area contributed by atoms with Crippen molar-refractivity contribution in [1.29, 1.82) is 0 Å². The average Bonchev–Trinajstić information content (AvgIpc) is 2.96. The van der Waals surface area contributed by atoms with Crippen molar-refractivity contribution in [1.82, 2.24) is 4.90 Å². The second-order valence-corrected chi connectivity index (χ2v) is 7.00. The van der Waals surface area contributed by atoms with Crippen LogP contribution in [0.25, 0.3) is 0 Å². The predicted octanol–water partition coefficient (Wildman–Crippen LogP) is 3.84. The molecule has 0 N–H and O–H groups in total. The summed E-state index contributed by atoms with van der Waals surface area (Å²) < 4.78 is 0. The van der Waals surface area contributed by atoms with E-state index in [9.17, 15) is 4.79 Å². The van der Waals surface area contributed by atoms with Crippen molar-refractivity contribution in [2.75, 3.05) is 18.9 Å². The lowest BCUT2D eigenvalue weighted by molar-refractivity contribution is -0.131. The number of carbonyl (C=O) groups is 1. The van der Waals surface area contributed by atoms with Crippen LogP contribution in [0.4, 0.5) is 0 Å². The maximum Gasteiger partial charge on any atom is 0.222 e. The van der Waals surface area contributed by atoms with E-state index in [0.29, 0.717) is 11.8 Å². The molecule has 2 aliphatic rings. The van der Waals surface area contributed by atoms with Crippen molar-refractivity contribution in [2.24, 2.45) is 17.8 Å². The highest BCUT2D eigenvalue weighted by Gasteiger charge is 2.40. The molecule has 18 heavy (non-hydrogen) atoms. The number of fused-ring (bicyclic) bond motifs is 2. The van der Waals surface area contributed by atoms with Gasteiger partial charge in [-0.2, -0.15) is 0 Å². The molecule has 2 aliphatic carbocycles. The predicted molar refractivity (Wildman–Crippen MR) is 78.8 cm³/mol. The molecule has 0 spiro atoms. The SMILES string of the molecule is CN(CCCCCBr)C(=O)CC1CC2CCC1C2. The van der Waals surface area contributed by atoms with E-state index in [1.54, 1.807) is 0 Å². The van der Waals surface area contributed by atoms with Crippen LogP contribution in [-0.4, -0.2) is 29.7 Å². The van der Waals surface area contributed by atoms with Gasteiger partial charge in [0.1, 0.15) is 0 Å². The van der Waals surface area contributed by atoms with Gasteiger partial charge in [-0.3, -0.25) is 4.79 Å². The Morgan fingerprint density at radius 3 is 2.67 bits per heavy atom. The van der Waals surface area contributed by atoms with Crippen LogP contribution in [0.3, 0.4) is 0 Å². The molecular formula is C15H26BrNO. The van der Waals surface area contributed by atoms with Crippen molar-refractivity contribution in [3.8, 4) is 0 Å². The minimum atomic E-state index is 0.381. The molecule has 104 valence electrons. The van der Waals surface area contributed by atoms with Crippen LogP contribution < -0.4 is 0 Å². The number of amides is 1. The molecule has 2 saturated carbocycles. The lowest BCUT2D eigenvalue weighted by Gasteiger charge is -2.24. The third-order valence-electron chi connectivity index (χ3n) is 4.87. The number of rotatable bonds is 7. The molecule has 0 aromatic rings. The summed E-state index contributed by atoms with van der Waals surface area (Å²) in [6.07, 6.45) is 9.95. The van der Waals surface area contributed by atoms with Gasteiger partial charge in [0.2, 0.25) is 5.91 Å². The van der Waals surface area contributed by atoms with Gasteiger partial charge in [-0.1, -0.05) is 28.8 Å². The third kappa shape index (κ3) is 3.72. The lowest BCUT2D eigenvalue weighted by atomic mass is 9.86. The minimum absolute atomic E-state index is 0.381. The van der Waals surface area contributed by atoms with Crippen molar-refractivity contribution in [3.63, 3.8) is 0 Å². The number of hydrogen-bond acceptors (Lipinski definition) is 1. The van der Waals surface area contributed by atoms with E-state index < -0.39 is 0 Å². The van der Waals surface area contributed by atoms with Crippen LogP contribution in [0.2, 0.25) is 0 Å². The zero-order valence-corrected chi connectivity index (χ0v) is 13.1. The molecule has 2 bridgehead atoms. The first kappa shape index (κ1) is 14.4. The molecule has 3 unspecified atom stereocenters. The smallest absolute Gasteiger partial charge is 0.222 e. The van der Waals surface area contributed by atoms with E-state index >= 15 is 0 Å². The van der Waals surface area contributed by atoms with Gasteiger partial charge in [-0.25, -0.2) is 0 Å². The fourth-order valence-electron chi connectivity index (χ4n) is 3.75. The maximum atomic E-state index is 12.2.